The van der Waals surface area contributed by atoms with E-state index in [1.54, 1.807) is 36.7 Å². The number of anilines is 3. The number of ketones is 1. The molecule has 5 rings (SSSR count). The van der Waals surface area contributed by atoms with E-state index >= 15 is 0 Å². The number of aromatic nitrogens is 4. The van der Waals surface area contributed by atoms with Gasteiger partial charge in [0.15, 0.2) is 11.5 Å². The lowest BCUT2D eigenvalue weighted by atomic mass is 10.1. The SMILES string of the molecule is CC(=O)c1cnc2ccc(-c3cc(Cl)c(O)c(Cl)c3)nc2c1Nc1cnc(N2CCC(NC(=O)O)C2)nc1. The number of carbonyl (C=O) groups is 2. The second-order valence-electron chi connectivity index (χ2n) is 8.73. The molecule has 0 spiro atoms. The number of pyridine rings is 2. The summed E-state index contributed by atoms with van der Waals surface area (Å²) in [5.41, 5.74) is 3.35. The van der Waals surface area contributed by atoms with E-state index in [0.29, 0.717) is 64.7 Å². The Labute approximate surface area is 226 Å². The van der Waals surface area contributed by atoms with Gasteiger partial charge in [-0.15, -0.1) is 0 Å². The lowest BCUT2D eigenvalue weighted by molar-refractivity contribution is 0.101. The minimum Gasteiger partial charge on any atom is -0.505 e. The lowest BCUT2D eigenvalue weighted by Crippen LogP contribution is -2.36. The summed E-state index contributed by atoms with van der Waals surface area (Å²) < 4.78 is 0. The van der Waals surface area contributed by atoms with Crippen LogP contribution >= 0.6 is 23.2 Å². The van der Waals surface area contributed by atoms with Crippen molar-refractivity contribution in [2.24, 2.45) is 0 Å². The van der Waals surface area contributed by atoms with Gasteiger partial charge in [-0.25, -0.2) is 19.7 Å². The molecule has 0 aliphatic carbocycles. The van der Waals surface area contributed by atoms with E-state index in [1.165, 1.54) is 13.1 Å². The molecule has 4 N–H and O–H groups in total. The van der Waals surface area contributed by atoms with Crippen molar-refractivity contribution in [3.8, 4) is 17.0 Å². The zero-order valence-corrected chi connectivity index (χ0v) is 21.5. The molecule has 0 radical (unpaired) electrons. The number of carboxylic acid groups (broad SMARTS) is 1. The Bertz CT molecular complexity index is 1540. The minimum atomic E-state index is -1.06. The number of carbonyl (C=O) groups excluding carboxylic acids is 1. The van der Waals surface area contributed by atoms with Crippen LogP contribution in [0.2, 0.25) is 10.0 Å². The van der Waals surface area contributed by atoms with Gasteiger partial charge in [-0.3, -0.25) is 9.78 Å². The summed E-state index contributed by atoms with van der Waals surface area (Å²) in [5, 5.41) is 24.7. The van der Waals surface area contributed by atoms with Crippen LogP contribution in [0.25, 0.3) is 22.3 Å². The van der Waals surface area contributed by atoms with Crippen LogP contribution in [0.15, 0.2) is 42.9 Å². The van der Waals surface area contributed by atoms with Gasteiger partial charge in [-0.2, -0.15) is 0 Å². The fourth-order valence-electron chi connectivity index (χ4n) is 4.26. The highest BCUT2D eigenvalue weighted by atomic mass is 35.5. The normalized spacial score (nSPS) is 15.0. The van der Waals surface area contributed by atoms with E-state index in [0.717, 1.165) is 0 Å². The molecule has 1 amide bonds. The molecular formula is C25H21Cl2N7O4. The Kier molecular flexibility index (Phi) is 6.87. The van der Waals surface area contributed by atoms with Crippen LogP contribution in [-0.2, 0) is 0 Å². The number of aromatic hydroxyl groups is 1. The number of phenols is 1. The van der Waals surface area contributed by atoms with E-state index < -0.39 is 6.09 Å². The van der Waals surface area contributed by atoms with Crippen LogP contribution in [-0.4, -0.2) is 61.2 Å². The Hall–Kier alpha value is -4.22. The number of fused-ring (bicyclic) bond motifs is 1. The van der Waals surface area contributed by atoms with E-state index in [1.807, 2.05) is 4.90 Å². The number of nitrogens with zero attached hydrogens (tertiary/aromatic N) is 5. The molecule has 3 aromatic heterocycles. The maximum Gasteiger partial charge on any atom is 0.404 e. The molecule has 0 bridgehead atoms. The molecule has 1 aliphatic rings. The van der Waals surface area contributed by atoms with E-state index in [9.17, 15) is 14.7 Å². The van der Waals surface area contributed by atoms with Crippen LogP contribution in [0.3, 0.4) is 0 Å². The van der Waals surface area contributed by atoms with Gasteiger partial charge >= 0.3 is 6.09 Å². The summed E-state index contributed by atoms with van der Waals surface area (Å²) in [6.45, 7) is 2.53. The number of hydrogen-bond acceptors (Lipinski definition) is 9. The molecule has 1 unspecified atom stereocenters. The lowest BCUT2D eigenvalue weighted by Gasteiger charge is -2.17. The molecule has 4 aromatic rings. The van der Waals surface area contributed by atoms with Crippen LogP contribution in [0.5, 0.6) is 5.75 Å². The number of phenolic OH excluding ortho intramolecular Hbond substituents is 1. The molecule has 194 valence electrons. The van der Waals surface area contributed by atoms with E-state index in [4.69, 9.17) is 33.3 Å². The number of nitrogens with one attached hydrogen (secondary N) is 2. The summed E-state index contributed by atoms with van der Waals surface area (Å²) in [4.78, 5) is 43.2. The van der Waals surface area contributed by atoms with Crippen molar-refractivity contribution in [3.05, 3.63) is 58.5 Å². The summed E-state index contributed by atoms with van der Waals surface area (Å²) in [5.74, 6) is 0.0429. The van der Waals surface area contributed by atoms with E-state index in [-0.39, 0.29) is 27.6 Å². The van der Waals surface area contributed by atoms with Gasteiger partial charge in [0, 0.05) is 24.8 Å². The van der Waals surface area contributed by atoms with Gasteiger partial charge < -0.3 is 25.7 Å². The molecule has 1 saturated heterocycles. The number of Topliss-reactive ketones (excluding diaryl/α,β-unsaturated/α-hetero) is 1. The summed E-state index contributed by atoms with van der Waals surface area (Å²) in [6.07, 6.45) is 4.25. The molecule has 11 nitrogen and oxygen atoms in total. The predicted molar refractivity (Wildman–Crippen MR) is 144 cm³/mol. The van der Waals surface area contributed by atoms with Gasteiger partial charge in [-0.1, -0.05) is 23.2 Å². The first-order chi connectivity index (χ1) is 18.2. The van der Waals surface area contributed by atoms with E-state index in [2.05, 4.69) is 25.6 Å². The third-order valence-corrected chi connectivity index (χ3v) is 6.69. The molecule has 13 heteroatoms. The summed E-state index contributed by atoms with van der Waals surface area (Å²) in [7, 11) is 0. The zero-order chi connectivity index (χ0) is 27.0. The highest BCUT2D eigenvalue weighted by Gasteiger charge is 2.25. The standard InChI is InChI=1S/C25H21Cl2N7O4/c1-12(35)16-10-28-20-3-2-19(13-6-17(26)23(36)18(27)7-13)33-22(20)21(16)31-15-8-29-24(30-9-15)34-5-4-14(11-34)32-25(37)38/h2-3,6-10,14,32,36H,4-5,11H2,1H3,(H,28,31)(H,37,38). The monoisotopic (exact) mass is 553 g/mol. The first-order valence-electron chi connectivity index (χ1n) is 11.5. The highest BCUT2D eigenvalue weighted by Crippen LogP contribution is 2.37. The fraction of sp³-hybridized carbons (Fsp3) is 0.200. The first kappa shape index (κ1) is 25.4. The molecule has 1 aromatic carbocycles. The smallest absolute Gasteiger partial charge is 0.404 e. The second-order valence-corrected chi connectivity index (χ2v) is 9.55. The summed E-state index contributed by atoms with van der Waals surface area (Å²) >= 11 is 12.2. The molecule has 4 heterocycles. The van der Waals surface area contributed by atoms with Crippen molar-refractivity contribution < 1.29 is 19.8 Å². The van der Waals surface area contributed by atoms with Crippen LogP contribution in [0, 0.1) is 0 Å². The zero-order valence-electron chi connectivity index (χ0n) is 19.9. The second kappa shape index (κ2) is 10.3. The van der Waals surface area contributed by atoms with Crippen molar-refractivity contribution in [2.45, 2.75) is 19.4 Å². The third-order valence-electron chi connectivity index (χ3n) is 6.11. The molecule has 1 atom stereocenters. The maximum atomic E-state index is 12.5. The largest absolute Gasteiger partial charge is 0.505 e. The number of halogens is 2. The van der Waals surface area contributed by atoms with Gasteiger partial charge in [0.1, 0.15) is 5.52 Å². The minimum absolute atomic E-state index is 0.0867. The average molecular weight is 554 g/mol. The maximum absolute atomic E-state index is 12.5. The molecule has 1 aliphatic heterocycles. The predicted octanol–water partition coefficient (Wildman–Crippen LogP) is 4.89. The van der Waals surface area contributed by atoms with Crippen molar-refractivity contribution in [1.29, 1.82) is 0 Å². The first-order valence-corrected chi connectivity index (χ1v) is 12.3. The van der Waals surface area contributed by atoms with Crippen LogP contribution in [0.4, 0.5) is 22.1 Å². The van der Waals surface area contributed by atoms with Gasteiger partial charge in [0.2, 0.25) is 5.95 Å². The average Bonchev–Trinajstić information content (AvgIpc) is 3.35. The van der Waals surface area contributed by atoms with Crippen molar-refractivity contribution in [3.63, 3.8) is 0 Å². The highest BCUT2D eigenvalue weighted by molar-refractivity contribution is 6.37. The third kappa shape index (κ3) is 5.11. The Morgan fingerprint density at radius 3 is 2.45 bits per heavy atom. The quantitative estimate of drug-likeness (QED) is 0.242. The van der Waals surface area contributed by atoms with Crippen LogP contribution < -0.4 is 15.5 Å². The van der Waals surface area contributed by atoms with Gasteiger partial charge in [0.25, 0.3) is 0 Å². The topological polar surface area (TPSA) is 153 Å². The van der Waals surface area contributed by atoms with Crippen LogP contribution in [0.1, 0.15) is 23.7 Å². The van der Waals surface area contributed by atoms with Gasteiger partial charge in [0.05, 0.1) is 56.6 Å². The fourth-order valence-corrected chi connectivity index (χ4v) is 4.75. The number of hydrogen-bond donors (Lipinski definition) is 4. The van der Waals surface area contributed by atoms with Crippen molar-refractivity contribution >= 4 is 63.4 Å². The van der Waals surface area contributed by atoms with Gasteiger partial charge in [-0.05, 0) is 37.6 Å². The molecule has 1 fully saturated rings. The number of benzene rings is 1. The molecule has 38 heavy (non-hydrogen) atoms. The van der Waals surface area contributed by atoms with Crippen molar-refractivity contribution in [1.82, 2.24) is 25.3 Å². The Morgan fingerprint density at radius 1 is 1.08 bits per heavy atom. The van der Waals surface area contributed by atoms with Crippen molar-refractivity contribution in [2.75, 3.05) is 23.3 Å². The Morgan fingerprint density at radius 2 is 1.79 bits per heavy atom. The molecule has 0 saturated carbocycles. The molecular weight excluding hydrogens is 533 g/mol. The Balaban J connectivity index is 1.48. The number of amides is 1. The summed E-state index contributed by atoms with van der Waals surface area (Å²) in [6, 6.07) is 6.41. The number of rotatable bonds is 6.